The molecule has 1 amide bonds. The number of hydrogen-bond donors (Lipinski definition) is 0. The summed E-state index contributed by atoms with van der Waals surface area (Å²) in [6.45, 7) is 0. The quantitative estimate of drug-likeness (QED) is 0.545. The van der Waals surface area contributed by atoms with E-state index in [-0.39, 0.29) is 0 Å². The lowest BCUT2D eigenvalue weighted by molar-refractivity contribution is 0.182. The summed E-state index contributed by atoms with van der Waals surface area (Å²) in [7, 11) is -0.264. The maximum atomic E-state index is 11.4. The Morgan fingerprint density at radius 1 is 1.31 bits per heavy atom. The normalized spacial score (nSPS) is 12.8. The number of carbonyl (C=O) groups excluding carboxylic acids is 1. The van der Waals surface area contributed by atoms with Gasteiger partial charge in [0.2, 0.25) is 4.91 Å². The number of rotatable bonds is 3. The fourth-order valence-corrected chi connectivity index (χ4v) is 1.54. The van der Waals surface area contributed by atoms with E-state index in [4.69, 9.17) is 11.6 Å². The minimum atomic E-state index is -3.62. The molecule has 76 valence electrons. The van der Waals surface area contributed by atoms with E-state index in [1.54, 1.807) is 0 Å². The van der Waals surface area contributed by atoms with Crippen molar-refractivity contribution in [3.8, 4) is 0 Å². The molecule has 0 unspecified atom stereocenters. The van der Waals surface area contributed by atoms with Gasteiger partial charge in [-0.25, -0.2) is 4.79 Å². The van der Waals surface area contributed by atoms with Gasteiger partial charge in [0.15, 0.2) is 0 Å². The summed E-state index contributed by atoms with van der Waals surface area (Å²) in [6.07, 6.45) is -0.973. The Hall–Kier alpha value is -0.420. The molecular formula is C5H9ClNO5P. The Morgan fingerprint density at radius 2 is 1.77 bits per heavy atom. The fraction of sp³-hybridized carbons (Fsp3) is 0.600. The van der Waals surface area contributed by atoms with E-state index in [9.17, 15) is 9.36 Å². The molecule has 0 fully saturated rings. The second kappa shape index (κ2) is 5.34. The van der Waals surface area contributed by atoms with Crippen LogP contribution in [-0.2, 0) is 18.3 Å². The van der Waals surface area contributed by atoms with Gasteiger partial charge in [0.1, 0.15) is 0 Å². The first-order valence-corrected chi connectivity index (χ1v) is 4.96. The number of halogens is 1. The third-order valence-corrected chi connectivity index (χ3v) is 3.28. The van der Waals surface area contributed by atoms with Gasteiger partial charge in [-0.3, -0.25) is 4.57 Å². The molecule has 0 aromatic heterocycles. The average Bonchev–Trinajstić information content (AvgIpc) is 2.16. The maximum absolute atomic E-state index is 11.4. The molecule has 0 saturated heterocycles. The Morgan fingerprint density at radius 3 is 2.08 bits per heavy atom. The SMILES string of the molecule is COC(=O)/N=C(\Cl)P(=O)(OC)OC. The van der Waals surface area contributed by atoms with Crippen molar-refractivity contribution in [2.45, 2.75) is 0 Å². The molecule has 0 atom stereocenters. The Kier molecular flexibility index (Phi) is 5.17. The summed E-state index contributed by atoms with van der Waals surface area (Å²) in [5, 5.41) is 0. The molecule has 8 heteroatoms. The van der Waals surface area contributed by atoms with Gasteiger partial charge in [-0.1, -0.05) is 11.6 Å². The van der Waals surface area contributed by atoms with Crippen LogP contribution in [0, 0.1) is 0 Å². The van der Waals surface area contributed by atoms with Crippen molar-refractivity contribution in [2.24, 2.45) is 4.99 Å². The minimum Gasteiger partial charge on any atom is -0.451 e. The lowest BCUT2D eigenvalue weighted by atomic mass is 11.2. The van der Waals surface area contributed by atoms with Gasteiger partial charge in [-0.2, -0.15) is 4.99 Å². The van der Waals surface area contributed by atoms with Crippen molar-refractivity contribution in [3.05, 3.63) is 0 Å². The Balaban J connectivity index is 4.75. The Bertz CT molecular complexity index is 258. The molecule has 0 radical (unpaired) electrons. The summed E-state index contributed by atoms with van der Waals surface area (Å²) in [6, 6.07) is 0. The van der Waals surface area contributed by atoms with Gasteiger partial charge >= 0.3 is 13.7 Å². The molecule has 0 aromatic rings. The highest BCUT2D eigenvalue weighted by atomic mass is 35.5. The van der Waals surface area contributed by atoms with Crippen LogP contribution >= 0.6 is 19.2 Å². The van der Waals surface area contributed by atoms with Crippen molar-refractivity contribution >= 4 is 30.2 Å². The second-order valence-corrected chi connectivity index (χ2v) is 4.48. The first-order chi connectivity index (χ1) is 6.00. The smallest absolute Gasteiger partial charge is 0.435 e. The molecule has 0 heterocycles. The van der Waals surface area contributed by atoms with Crippen LogP contribution < -0.4 is 0 Å². The minimum absolute atomic E-state index is 0.565. The second-order valence-electron chi connectivity index (χ2n) is 1.71. The van der Waals surface area contributed by atoms with Gasteiger partial charge in [0.25, 0.3) is 0 Å². The number of amides is 1. The third-order valence-electron chi connectivity index (χ3n) is 1.06. The van der Waals surface area contributed by atoms with E-state index in [1.807, 2.05) is 0 Å². The third kappa shape index (κ3) is 3.44. The summed E-state index contributed by atoms with van der Waals surface area (Å²) < 4.78 is 24.5. The maximum Gasteiger partial charge on any atom is 0.435 e. The molecule has 0 aliphatic rings. The zero-order chi connectivity index (χ0) is 10.5. The van der Waals surface area contributed by atoms with E-state index in [0.29, 0.717) is 0 Å². The molecule has 6 nitrogen and oxygen atoms in total. The van der Waals surface area contributed by atoms with E-state index >= 15 is 0 Å². The first-order valence-electron chi connectivity index (χ1n) is 3.04. The molecule has 0 rings (SSSR count). The molecule has 0 aliphatic heterocycles. The van der Waals surface area contributed by atoms with Crippen LogP contribution in [0.5, 0.6) is 0 Å². The zero-order valence-electron chi connectivity index (χ0n) is 7.31. The largest absolute Gasteiger partial charge is 0.451 e. The van der Waals surface area contributed by atoms with Crippen molar-refractivity contribution in [3.63, 3.8) is 0 Å². The molecule has 13 heavy (non-hydrogen) atoms. The number of ether oxygens (including phenoxy) is 1. The van der Waals surface area contributed by atoms with Crippen molar-refractivity contribution in [1.29, 1.82) is 0 Å². The number of hydrogen-bond acceptors (Lipinski definition) is 5. The number of nitrogens with zero attached hydrogens (tertiary/aromatic N) is 1. The Labute approximate surface area is 80.4 Å². The van der Waals surface area contributed by atoms with E-state index < -0.39 is 18.6 Å². The lowest BCUT2D eigenvalue weighted by Crippen LogP contribution is -2.01. The van der Waals surface area contributed by atoms with Crippen molar-refractivity contribution in [2.75, 3.05) is 21.3 Å². The molecule has 0 spiro atoms. The van der Waals surface area contributed by atoms with Gasteiger partial charge in [0, 0.05) is 14.2 Å². The number of methoxy groups -OCH3 is 1. The highest BCUT2D eigenvalue weighted by Crippen LogP contribution is 2.49. The lowest BCUT2D eigenvalue weighted by Gasteiger charge is -2.09. The predicted molar refractivity (Wildman–Crippen MR) is 47.3 cm³/mol. The van der Waals surface area contributed by atoms with E-state index in [1.165, 1.54) is 0 Å². The monoisotopic (exact) mass is 229 g/mol. The van der Waals surface area contributed by atoms with E-state index in [0.717, 1.165) is 21.3 Å². The van der Waals surface area contributed by atoms with Gasteiger partial charge < -0.3 is 13.8 Å². The molecule has 0 aromatic carbocycles. The van der Waals surface area contributed by atoms with Crippen LogP contribution in [0.15, 0.2) is 4.99 Å². The van der Waals surface area contributed by atoms with Crippen LogP contribution in [-0.4, -0.2) is 32.3 Å². The number of carbonyl (C=O) groups is 1. The molecule has 0 N–H and O–H groups in total. The van der Waals surface area contributed by atoms with Crippen LogP contribution in [0.4, 0.5) is 4.79 Å². The molecule has 0 bridgehead atoms. The van der Waals surface area contributed by atoms with E-state index in [2.05, 4.69) is 18.8 Å². The number of aliphatic imine (C=N–C) groups is 1. The summed E-state index contributed by atoms with van der Waals surface area (Å²) in [5.41, 5.74) is 0. The highest BCUT2D eigenvalue weighted by Gasteiger charge is 2.29. The molecule has 0 aliphatic carbocycles. The van der Waals surface area contributed by atoms with Crippen LogP contribution in [0.2, 0.25) is 0 Å². The van der Waals surface area contributed by atoms with Crippen molar-refractivity contribution < 1.29 is 23.1 Å². The van der Waals surface area contributed by atoms with Crippen LogP contribution in [0.3, 0.4) is 0 Å². The van der Waals surface area contributed by atoms with Crippen LogP contribution in [0.1, 0.15) is 0 Å². The fourth-order valence-electron chi connectivity index (χ4n) is 0.407. The summed E-state index contributed by atoms with van der Waals surface area (Å²) >= 11 is 5.40. The van der Waals surface area contributed by atoms with Gasteiger partial charge in [-0.15, -0.1) is 0 Å². The van der Waals surface area contributed by atoms with Crippen LogP contribution in [0.25, 0.3) is 0 Å². The zero-order valence-corrected chi connectivity index (χ0v) is 8.96. The highest BCUT2D eigenvalue weighted by molar-refractivity contribution is 7.77. The molecular weight excluding hydrogens is 220 g/mol. The van der Waals surface area contributed by atoms with Gasteiger partial charge in [0.05, 0.1) is 7.11 Å². The summed E-state index contributed by atoms with van der Waals surface area (Å²) in [5.74, 6) is 0. The molecule has 0 saturated carbocycles. The van der Waals surface area contributed by atoms with Crippen molar-refractivity contribution in [1.82, 2.24) is 0 Å². The standard InChI is InChI=1S/C5H9ClNO5P/c1-10-5(8)7-4(6)13(9,11-2)12-3/h1-3H3/b7-4+. The summed E-state index contributed by atoms with van der Waals surface area (Å²) in [4.78, 5) is 13.1. The first kappa shape index (κ1) is 12.6. The predicted octanol–water partition coefficient (Wildman–Crippen LogP) is 1.83. The average molecular weight is 230 g/mol. The topological polar surface area (TPSA) is 74.2 Å². The van der Waals surface area contributed by atoms with Gasteiger partial charge in [-0.05, 0) is 0 Å².